The van der Waals surface area contributed by atoms with Crippen molar-refractivity contribution in [3.05, 3.63) is 52.1 Å². The van der Waals surface area contributed by atoms with Gasteiger partial charge in [0.05, 0.1) is 4.92 Å². The Hall–Kier alpha value is -1.79. The molecule has 1 aromatic heterocycles. The first-order valence-electron chi connectivity index (χ1n) is 4.78. The van der Waals surface area contributed by atoms with Gasteiger partial charge in [-0.25, -0.2) is 0 Å². The molecule has 0 spiro atoms. The molecule has 17 heavy (non-hydrogen) atoms. The molecule has 0 fully saturated rings. The molecule has 0 unspecified atom stereocenters. The van der Waals surface area contributed by atoms with Gasteiger partial charge in [-0.05, 0) is 21.7 Å². The predicted octanol–water partition coefficient (Wildman–Crippen LogP) is 3.72. The van der Waals surface area contributed by atoms with Crippen LogP contribution in [0.5, 0.6) is 0 Å². The quantitative estimate of drug-likeness (QED) is 0.616. The van der Waals surface area contributed by atoms with Crippen LogP contribution in [0.1, 0.15) is 5.56 Å². The number of thiophene rings is 1. The highest BCUT2D eigenvalue weighted by atomic mass is 32.1. The van der Waals surface area contributed by atoms with Gasteiger partial charge in [-0.2, -0.15) is 4.94 Å². The average Bonchev–Trinajstić information content (AvgIpc) is 2.80. The van der Waals surface area contributed by atoms with Crippen LogP contribution in [-0.2, 0) is 11.5 Å². The molecule has 0 atom stereocenters. The summed E-state index contributed by atoms with van der Waals surface area (Å²) in [7, 11) is 0. The van der Waals surface area contributed by atoms with E-state index in [1.165, 1.54) is 6.07 Å². The number of nitro groups is 1. The lowest BCUT2D eigenvalue weighted by Gasteiger charge is -1.99. The number of hydrogen-bond acceptors (Lipinski definition) is 4. The largest absolute Gasteiger partial charge is 0.324 e. The molecule has 4 nitrogen and oxygen atoms in total. The molecule has 6 heteroatoms. The summed E-state index contributed by atoms with van der Waals surface area (Å²) in [4.78, 5) is 14.5. The fourth-order valence-electron chi connectivity index (χ4n) is 1.41. The highest BCUT2D eigenvalue weighted by Gasteiger charge is 2.10. The summed E-state index contributed by atoms with van der Waals surface area (Å²) in [6, 6.07) is 10.2. The van der Waals surface area contributed by atoms with Crippen molar-refractivity contribution in [2.24, 2.45) is 0 Å². The van der Waals surface area contributed by atoms with Crippen LogP contribution in [0, 0.1) is 10.1 Å². The van der Waals surface area contributed by atoms with E-state index < -0.39 is 4.92 Å². The normalized spacial score (nSPS) is 10.4. The molecule has 1 aromatic carbocycles. The maximum Gasteiger partial charge on any atom is 0.324 e. The molecule has 0 aliphatic carbocycles. The van der Waals surface area contributed by atoms with Crippen LogP contribution in [0.2, 0.25) is 0 Å². The fraction of sp³-hybridized carbons (Fsp3) is 0.0909. The van der Waals surface area contributed by atoms with Crippen LogP contribution < -0.4 is 0 Å². The van der Waals surface area contributed by atoms with Crippen molar-refractivity contribution in [3.63, 3.8) is 0 Å². The van der Waals surface area contributed by atoms with E-state index in [4.69, 9.17) is 0 Å². The number of halogens is 1. The molecule has 0 bridgehead atoms. The van der Waals surface area contributed by atoms with Crippen LogP contribution in [0.25, 0.3) is 10.4 Å². The average molecular weight is 253 g/mol. The predicted molar refractivity (Wildman–Crippen MR) is 62.3 cm³/mol. The van der Waals surface area contributed by atoms with Crippen LogP contribution >= 0.6 is 11.3 Å². The SMILES string of the molecule is O=[N+]([O-])c1ccc(-c2ccc(COF)cc2)s1. The Morgan fingerprint density at radius 2 is 1.94 bits per heavy atom. The van der Waals surface area contributed by atoms with Gasteiger partial charge in [0, 0.05) is 10.9 Å². The minimum Gasteiger partial charge on any atom is -0.258 e. The van der Waals surface area contributed by atoms with Gasteiger partial charge < -0.3 is 0 Å². The van der Waals surface area contributed by atoms with Crippen molar-refractivity contribution in [1.29, 1.82) is 0 Å². The Morgan fingerprint density at radius 1 is 1.24 bits per heavy atom. The Morgan fingerprint density at radius 3 is 2.47 bits per heavy atom. The molecular formula is C11H8FNO3S. The molecule has 0 saturated heterocycles. The summed E-state index contributed by atoms with van der Waals surface area (Å²) in [6.07, 6.45) is 0. The standard InChI is InChI=1S/C11H8FNO3S/c12-16-7-8-1-3-9(4-2-8)10-5-6-11(17-10)13(14)15/h1-6H,7H2. The van der Waals surface area contributed by atoms with Crippen molar-refractivity contribution in [2.75, 3.05) is 0 Å². The van der Waals surface area contributed by atoms with Gasteiger partial charge in [0.1, 0.15) is 6.61 Å². The van der Waals surface area contributed by atoms with E-state index in [-0.39, 0.29) is 11.6 Å². The second-order valence-corrected chi connectivity index (χ2v) is 4.41. The summed E-state index contributed by atoms with van der Waals surface area (Å²) in [5.74, 6) is 0. The maximum absolute atomic E-state index is 11.6. The first-order chi connectivity index (χ1) is 8.20. The number of hydrogen-bond donors (Lipinski definition) is 0. The van der Waals surface area contributed by atoms with E-state index in [1.807, 2.05) is 0 Å². The Balaban J connectivity index is 2.23. The van der Waals surface area contributed by atoms with Gasteiger partial charge in [-0.1, -0.05) is 35.6 Å². The van der Waals surface area contributed by atoms with Crippen molar-refractivity contribution in [3.8, 4) is 10.4 Å². The minimum absolute atomic E-state index is 0.0924. The first kappa shape index (κ1) is 11.7. The van der Waals surface area contributed by atoms with E-state index in [2.05, 4.69) is 4.94 Å². The smallest absolute Gasteiger partial charge is 0.258 e. The van der Waals surface area contributed by atoms with Gasteiger partial charge >= 0.3 is 5.00 Å². The molecule has 0 aliphatic rings. The first-order valence-corrected chi connectivity index (χ1v) is 5.59. The number of rotatable bonds is 4. The minimum atomic E-state index is -0.417. The third kappa shape index (κ3) is 2.66. The lowest BCUT2D eigenvalue weighted by Crippen LogP contribution is -1.83. The highest BCUT2D eigenvalue weighted by molar-refractivity contribution is 7.18. The molecule has 0 amide bonds. The van der Waals surface area contributed by atoms with Gasteiger partial charge in [0.25, 0.3) is 0 Å². The third-order valence-corrected chi connectivity index (χ3v) is 3.32. The lowest BCUT2D eigenvalue weighted by molar-refractivity contribution is -0.380. The molecule has 2 aromatic rings. The molecule has 2 rings (SSSR count). The van der Waals surface area contributed by atoms with Crippen LogP contribution in [0.15, 0.2) is 36.4 Å². The van der Waals surface area contributed by atoms with E-state index in [9.17, 15) is 14.6 Å². The van der Waals surface area contributed by atoms with Crippen molar-refractivity contribution < 1.29 is 14.4 Å². The highest BCUT2D eigenvalue weighted by Crippen LogP contribution is 2.32. The second-order valence-electron chi connectivity index (χ2n) is 3.35. The molecular weight excluding hydrogens is 245 g/mol. The van der Waals surface area contributed by atoms with Crippen molar-refractivity contribution in [2.45, 2.75) is 6.61 Å². The van der Waals surface area contributed by atoms with Gasteiger partial charge in [-0.3, -0.25) is 10.1 Å². The van der Waals surface area contributed by atoms with Crippen molar-refractivity contribution in [1.82, 2.24) is 0 Å². The number of benzene rings is 1. The molecule has 1 heterocycles. The molecule has 0 N–H and O–H groups in total. The molecule has 0 saturated carbocycles. The monoisotopic (exact) mass is 253 g/mol. The zero-order chi connectivity index (χ0) is 12.3. The molecule has 0 radical (unpaired) electrons. The Kier molecular flexibility index (Phi) is 3.46. The van der Waals surface area contributed by atoms with Gasteiger partial charge in [0.2, 0.25) is 0 Å². The van der Waals surface area contributed by atoms with Crippen molar-refractivity contribution >= 4 is 16.3 Å². The summed E-state index contributed by atoms with van der Waals surface area (Å²) in [5, 5.41) is 10.7. The Labute approximate surface area is 100 Å². The molecule has 88 valence electrons. The lowest BCUT2D eigenvalue weighted by atomic mass is 10.1. The summed E-state index contributed by atoms with van der Waals surface area (Å²) < 4.78 is 11.6. The zero-order valence-corrected chi connectivity index (χ0v) is 9.45. The zero-order valence-electron chi connectivity index (χ0n) is 8.63. The fourth-order valence-corrected chi connectivity index (χ4v) is 2.24. The van der Waals surface area contributed by atoms with Gasteiger partial charge in [-0.15, -0.1) is 0 Å². The van der Waals surface area contributed by atoms with E-state index in [0.717, 1.165) is 21.8 Å². The third-order valence-electron chi connectivity index (χ3n) is 2.23. The van der Waals surface area contributed by atoms with E-state index >= 15 is 0 Å². The summed E-state index contributed by atoms with van der Waals surface area (Å²) in [6.45, 7) is -0.0924. The van der Waals surface area contributed by atoms with Crippen LogP contribution in [0.4, 0.5) is 9.53 Å². The second kappa shape index (κ2) is 5.03. The van der Waals surface area contributed by atoms with Crippen LogP contribution in [-0.4, -0.2) is 4.92 Å². The Bertz CT molecular complexity index is 524. The topological polar surface area (TPSA) is 52.4 Å². The maximum atomic E-state index is 11.6. The number of nitrogens with zero attached hydrogens (tertiary/aromatic N) is 1. The van der Waals surface area contributed by atoms with E-state index in [1.54, 1.807) is 30.3 Å². The summed E-state index contributed by atoms with van der Waals surface area (Å²) in [5.41, 5.74) is 1.58. The summed E-state index contributed by atoms with van der Waals surface area (Å²) >= 11 is 1.11. The van der Waals surface area contributed by atoms with E-state index in [0.29, 0.717) is 5.56 Å². The molecule has 0 aliphatic heterocycles. The van der Waals surface area contributed by atoms with Gasteiger partial charge in [0.15, 0.2) is 0 Å². The van der Waals surface area contributed by atoms with Crippen LogP contribution in [0.3, 0.4) is 0 Å².